The highest BCUT2D eigenvalue weighted by molar-refractivity contribution is 14.1. The SMILES string of the molecule is C=CCNc1nnc(-c2cn3c(CCCCN(C)C)nnc3c(F)c2Nc2ccc(I)cc2F)o1. The topological polar surface area (TPSA) is 96.4 Å². The lowest BCUT2D eigenvalue weighted by Gasteiger charge is -2.13. The van der Waals surface area contributed by atoms with Crippen LogP contribution in [-0.2, 0) is 6.42 Å². The number of rotatable bonds is 11. The normalized spacial score (nSPS) is 11.4. The van der Waals surface area contributed by atoms with E-state index < -0.39 is 11.6 Å². The summed E-state index contributed by atoms with van der Waals surface area (Å²) < 4.78 is 38.4. The van der Waals surface area contributed by atoms with Crippen molar-refractivity contribution in [3.8, 4) is 11.5 Å². The summed E-state index contributed by atoms with van der Waals surface area (Å²) in [7, 11) is 4.03. The molecular formula is C23H25F2IN8O. The lowest BCUT2D eigenvalue weighted by atomic mass is 10.2. The Labute approximate surface area is 214 Å². The molecule has 4 rings (SSSR count). The fraction of sp³-hybridized carbons (Fsp3) is 0.304. The second-order valence-corrected chi connectivity index (χ2v) is 9.38. The van der Waals surface area contributed by atoms with Gasteiger partial charge in [-0.3, -0.25) is 4.40 Å². The van der Waals surface area contributed by atoms with Gasteiger partial charge in [-0.2, -0.15) is 0 Å². The first-order valence-electron chi connectivity index (χ1n) is 11.0. The van der Waals surface area contributed by atoms with Gasteiger partial charge in [-0.15, -0.1) is 21.9 Å². The number of aromatic nitrogens is 5. The van der Waals surface area contributed by atoms with Gasteiger partial charge in [-0.25, -0.2) is 8.78 Å². The summed E-state index contributed by atoms with van der Waals surface area (Å²) in [6.07, 6.45) is 5.71. The van der Waals surface area contributed by atoms with Gasteiger partial charge < -0.3 is 20.0 Å². The van der Waals surface area contributed by atoms with Gasteiger partial charge in [0.25, 0.3) is 5.89 Å². The van der Waals surface area contributed by atoms with E-state index in [9.17, 15) is 4.39 Å². The summed E-state index contributed by atoms with van der Waals surface area (Å²) in [6, 6.07) is 4.76. The number of anilines is 3. The van der Waals surface area contributed by atoms with Gasteiger partial charge in [-0.05, 0) is 74.3 Å². The zero-order valence-corrected chi connectivity index (χ0v) is 21.5. The average molecular weight is 594 g/mol. The molecule has 0 amide bonds. The number of unbranched alkanes of at least 4 members (excludes halogenated alkanes) is 1. The summed E-state index contributed by atoms with van der Waals surface area (Å²) in [5.74, 6) is -0.566. The number of nitrogens with one attached hydrogen (secondary N) is 2. The van der Waals surface area contributed by atoms with E-state index in [1.54, 1.807) is 22.7 Å². The summed E-state index contributed by atoms with van der Waals surface area (Å²) >= 11 is 2.01. The van der Waals surface area contributed by atoms with Crippen LogP contribution in [0.2, 0.25) is 0 Å². The van der Waals surface area contributed by atoms with E-state index in [1.165, 1.54) is 12.1 Å². The molecule has 0 unspecified atom stereocenters. The number of aryl methyl sites for hydroxylation is 1. The second-order valence-electron chi connectivity index (χ2n) is 8.13. The molecule has 35 heavy (non-hydrogen) atoms. The smallest absolute Gasteiger partial charge is 0.315 e. The molecule has 0 spiro atoms. The third-order valence-electron chi connectivity index (χ3n) is 5.21. The Bertz CT molecular complexity index is 1340. The van der Waals surface area contributed by atoms with Crippen molar-refractivity contribution in [2.75, 3.05) is 37.8 Å². The lowest BCUT2D eigenvalue weighted by molar-refractivity contribution is 0.393. The number of nitrogens with zero attached hydrogens (tertiary/aromatic N) is 6. The van der Waals surface area contributed by atoms with Crippen molar-refractivity contribution in [2.24, 2.45) is 0 Å². The van der Waals surface area contributed by atoms with Crippen molar-refractivity contribution in [3.63, 3.8) is 0 Å². The first-order chi connectivity index (χ1) is 16.9. The molecular weight excluding hydrogens is 569 g/mol. The highest BCUT2D eigenvalue weighted by Crippen LogP contribution is 2.35. The molecule has 0 aliphatic rings. The Morgan fingerprint density at radius 3 is 2.74 bits per heavy atom. The number of fused-ring (bicyclic) bond motifs is 1. The van der Waals surface area contributed by atoms with E-state index in [0.29, 0.717) is 22.4 Å². The van der Waals surface area contributed by atoms with Crippen molar-refractivity contribution in [2.45, 2.75) is 19.3 Å². The highest BCUT2D eigenvalue weighted by Gasteiger charge is 2.23. The van der Waals surface area contributed by atoms with Crippen LogP contribution in [0.25, 0.3) is 17.1 Å². The van der Waals surface area contributed by atoms with E-state index in [4.69, 9.17) is 4.42 Å². The number of pyridine rings is 1. The van der Waals surface area contributed by atoms with Crippen LogP contribution in [0, 0.1) is 15.2 Å². The zero-order chi connectivity index (χ0) is 24.9. The first-order valence-corrected chi connectivity index (χ1v) is 12.1. The van der Waals surface area contributed by atoms with E-state index >= 15 is 4.39 Å². The van der Waals surface area contributed by atoms with E-state index in [2.05, 4.69) is 42.5 Å². The minimum absolute atomic E-state index is 0.0225. The molecule has 0 atom stereocenters. The van der Waals surface area contributed by atoms with E-state index in [1.807, 2.05) is 36.7 Å². The molecule has 0 aliphatic carbocycles. The Balaban J connectivity index is 1.77. The number of hydrogen-bond donors (Lipinski definition) is 2. The zero-order valence-electron chi connectivity index (χ0n) is 19.4. The van der Waals surface area contributed by atoms with Gasteiger partial charge in [0.1, 0.15) is 11.6 Å². The van der Waals surface area contributed by atoms with Gasteiger partial charge in [-0.1, -0.05) is 11.2 Å². The van der Waals surface area contributed by atoms with Gasteiger partial charge in [0.2, 0.25) is 0 Å². The molecule has 0 saturated heterocycles. The van der Waals surface area contributed by atoms with Gasteiger partial charge in [0.05, 0.1) is 16.9 Å². The molecule has 4 aromatic rings. The molecule has 9 nitrogen and oxygen atoms in total. The Morgan fingerprint density at radius 2 is 2.00 bits per heavy atom. The average Bonchev–Trinajstić information content (AvgIpc) is 3.45. The Morgan fingerprint density at radius 1 is 1.17 bits per heavy atom. The van der Waals surface area contributed by atoms with Gasteiger partial charge in [0, 0.05) is 22.7 Å². The molecule has 0 saturated carbocycles. The third-order valence-corrected chi connectivity index (χ3v) is 5.88. The summed E-state index contributed by atoms with van der Waals surface area (Å²) in [4.78, 5) is 2.11. The fourth-order valence-electron chi connectivity index (χ4n) is 3.49. The predicted octanol–water partition coefficient (Wildman–Crippen LogP) is 4.89. The minimum Gasteiger partial charge on any atom is -0.403 e. The van der Waals surface area contributed by atoms with Crippen molar-refractivity contribution in [3.05, 3.63) is 58.1 Å². The van der Waals surface area contributed by atoms with Crippen molar-refractivity contribution < 1.29 is 13.2 Å². The molecule has 0 bridgehead atoms. The predicted molar refractivity (Wildman–Crippen MR) is 139 cm³/mol. The maximum absolute atomic E-state index is 15.8. The maximum Gasteiger partial charge on any atom is 0.315 e. The molecule has 0 radical (unpaired) electrons. The standard InChI is InChI=1S/C23H25F2IN8O/c1-4-10-27-23-32-31-22(35-23)15-13-34-18(7-5-6-11-33(2)3)29-30-21(34)19(25)20(15)28-17-9-8-14(26)12-16(17)24/h4,8-9,12-13,28H,1,5-7,10-11H2,2-3H3,(H,27,32). The maximum atomic E-state index is 15.8. The van der Waals surface area contributed by atoms with Crippen LogP contribution in [0.3, 0.4) is 0 Å². The molecule has 12 heteroatoms. The summed E-state index contributed by atoms with van der Waals surface area (Å²) in [5, 5.41) is 22.0. The molecule has 1 aromatic carbocycles. The van der Waals surface area contributed by atoms with Crippen LogP contribution < -0.4 is 10.6 Å². The summed E-state index contributed by atoms with van der Waals surface area (Å²) in [5.41, 5.74) is 0.335. The van der Waals surface area contributed by atoms with Crippen LogP contribution in [0.1, 0.15) is 18.7 Å². The van der Waals surface area contributed by atoms with E-state index in [-0.39, 0.29) is 34.5 Å². The van der Waals surface area contributed by atoms with E-state index in [0.717, 1.165) is 19.4 Å². The second kappa shape index (κ2) is 11.1. The molecule has 0 fully saturated rings. The van der Waals surface area contributed by atoms with Crippen LogP contribution in [0.5, 0.6) is 0 Å². The van der Waals surface area contributed by atoms with Crippen LogP contribution in [0.4, 0.5) is 26.2 Å². The number of hydrogen-bond acceptors (Lipinski definition) is 8. The number of benzene rings is 1. The van der Waals surface area contributed by atoms with Crippen molar-refractivity contribution in [1.29, 1.82) is 0 Å². The first kappa shape index (κ1) is 25.0. The molecule has 0 aliphatic heterocycles. The molecule has 3 aromatic heterocycles. The van der Waals surface area contributed by atoms with Crippen molar-refractivity contribution in [1.82, 2.24) is 29.7 Å². The molecule has 3 heterocycles. The quantitative estimate of drug-likeness (QED) is 0.144. The van der Waals surface area contributed by atoms with Crippen LogP contribution >= 0.6 is 22.6 Å². The monoisotopic (exact) mass is 594 g/mol. The lowest BCUT2D eigenvalue weighted by Crippen LogP contribution is -2.13. The highest BCUT2D eigenvalue weighted by atomic mass is 127. The van der Waals surface area contributed by atoms with Gasteiger partial charge in [0.15, 0.2) is 11.5 Å². The Hall–Kier alpha value is -3.13. The molecule has 2 N–H and O–H groups in total. The summed E-state index contributed by atoms with van der Waals surface area (Å²) in [6.45, 7) is 4.99. The fourth-order valence-corrected chi connectivity index (χ4v) is 3.94. The third kappa shape index (κ3) is 5.75. The van der Waals surface area contributed by atoms with Crippen LogP contribution in [0.15, 0.2) is 41.5 Å². The number of halogens is 3. The minimum atomic E-state index is -0.703. The van der Waals surface area contributed by atoms with Gasteiger partial charge >= 0.3 is 6.01 Å². The largest absolute Gasteiger partial charge is 0.403 e. The van der Waals surface area contributed by atoms with Crippen LogP contribution in [-0.4, -0.2) is 56.9 Å². The molecule has 184 valence electrons. The Kier molecular flexibility index (Phi) is 7.90. The van der Waals surface area contributed by atoms with Crippen molar-refractivity contribution >= 4 is 45.6 Å².